The first-order valence-electron chi connectivity index (χ1n) is 6.30. The zero-order valence-corrected chi connectivity index (χ0v) is 10.4. The molecule has 2 N–H and O–H groups in total. The van der Waals surface area contributed by atoms with Crippen LogP contribution in [0.15, 0.2) is 33.6 Å². The van der Waals surface area contributed by atoms with Crippen LogP contribution in [-0.2, 0) is 5.41 Å². The van der Waals surface area contributed by atoms with Gasteiger partial charge in [0, 0.05) is 5.56 Å². The minimum absolute atomic E-state index is 0.424. The van der Waals surface area contributed by atoms with Gasteiger partial charge in [0.25, 0.3) is 0 Å². The van der Waals surface area contributed by atoms with Crippen molar-refractivity contribution in [2.24, 2.45) is 0 Å². The maximum absolute atomic E-state index is 11.1. The van der Waals surface area contributed by atoms with Gasteiger partial charge in [-0.15, -0.1) is 0 Å². The number of nitrogens with one attached hydrogen (secondary N) is 2. The lowest BCUT2D eigenvalue weighted by Crippen LogP contribution is -2.04. The third kappa shape index (κ3) is 1.50. The molecule has 1 aliphatic carbocycles. The Bertz CT molecular complexity index is 905. The molecule has 0 spiro atoms. The van der Waals surface area contributed by atoms with Gasteiger partial charge in [0.05, 0.1) is 23.5 Å². The van der Waals surface area contributed by atoms with Crippen molar-refractivity contribution in [1.82, 2.24) is 15.0 Å². The van der Waals surface area contributed by atoms with E-state index in [0.29, 0.717) is 11.1 Å². The molecule has 0 unspecified atom stereocenters. The smallest absolute Gasteiger partial charge is 0.408 e. The fraction of sp³-hybridized carbons (Fsp3) is 0.214. The molecule has 0 aliphatic heterocycles. The molecule has 0 saturated heterocycles. The second kappa shape index (κ2) is 3.61. The molecular formula is C14H10N4O2. The standard InChI is InChI=1S/C14H10N4O2/c15-7-14(3-4-14)12-16-6-10(17-12)8-1-2-11-9(5-8)18-13(19)20-11/h1-2,5-6H,3-4H2,(H,16,17)(H,18,19). The highest BCUT2D eigenvalue weighted by Crippen LogP contribution is 2.46. The van der Waals surface area contributed by atoms with E-state index in [4.69, 9.17) is 4.42 Å². The number of nitrogens with zero attached hydrogens (tertiary/aromatic N) is 2. The van der Waals surface area contributed by atoms with Crippen LogP contribution in [0.4, 0.5) is 0 Å². The van der Waals surface area contributed by atoms with Crippen LogP contribution in [0.1, 0.15) is 18.7 Å². The number of benzene rings is 1. The summed E-state index contributed by atoms with van der Waals surface area (Å²) in [5.74, 6) is 0.250. The van der Waals surface area contributed by atoms with E-state index in [9.17, 15) is 10.1 Å². The molecule has 0 amide bonds. The molecule has 0 radical (unpaired) electrons. The lowest BCUT2D eigenvalue weighted by Gasteiger charge is -2.00. The van der Waals surface area contributed by atoms with Crippen molar-refractivity contribution in [2.75, 3.05) is 0 Å². The zero-order chi connectivity index (χ0) is 13.7. The van der Waals surface area contributed by atoms with E-state index in [-0.39, 0.29) is 0 Å². The Morgan fingerprint density at radius 3 is 2.95 bits per heavy atom. The number of hydrogen-bond acceptors (Lipinski definition) is 4. The zero-order valence-electron chi connectivity index (χ0n) is 10.4. The van der Waals surface area contributed by atoms with Gasteiger partial charge in [-0.25, -0.2) is 9.78 Å². The van der Waals surface area contributed by atoms with Gasteiger partial charge in [0.15, 0.2) is 5.58 Å². The van der Waals surface area contributed by atoms with Crippen molar-refractivity contribution in [2.45, 2.75) is 18.3 Å². The second-order valence-corrected chi connectivity index (χ2v) is 5.06. The van der Waals surface area contributed by atoms with Gasteiger partial charge in [-0.2, -0.15) is 5.26 Å². The Kier molecular flexibility index (Phi) is 1.99. The molecule has 0 atom stereocenters. The van der Waals surface area contributed by atoms with Crippen LogP contribution in [0, 0.1) is 11.3 Å². The number of nitriles is 1. The van der Waals surface area contributed by atoms with Gasteiger partial charge in [-0.05, 0) is 31.0 Å². The highest BCUT2D eigenvalue weighted by molar-refractivity contribution is 5.78. The van der Waals surface area contributed by atoms with E-state index in [2.05, 4.69) is 21.0 Å². The third-order valence-corrected chi connectivity index (χ3v) is 3.72. The van der Waals surface area contributed by atoms with Gasteiger partial charge < -0.3 is 9.40 Å². The van der Waals surface area contributed by atoms with Crippen molar-refractivity contribution < 1.29 is 4.42 Å². The number of imidazole rings is 1. The van der Waals surface area contributed by atoms with Crippen molar-refractivity contribution in [3.8, 4) is 17.3 Å². The van der Waals surface area contributed by atoms with E-state index < -0.39 is 11.2 Å². The highest BCUT2D eigenvalue weighted by Gasteiger charge is 2.47. The van der Waals surface area contributed by atoms with Crippen LogP contribution < -0.4 is 5.76 Å². The van der Waals surface area contributed by atoms with E-state index in [1.54, 1.807) is 12.3 Å². The third-order valence-electron chi connectivity index (χ3n) is 3.72. The Morgan fingerprint density at radius 2 is 2.20 bits per heavy atom. The molecule has 4 rings (SSSR count). The fourth-order valence-electron chi connectivity index (χ4n) is 2.36. The SMILES string of the molecule is N#CC1(c2ncc(-c3ccc4oc(=O)[nH]c4c3)[nH]2)CC1. The average Bonchev–Trinajstić information content (AvgIpc) is 2.93. The molecule has 2 heterocycles. The first-order chi connectivity index (χ1) is 9.70. The molecule has 98 valence electrons. The van der Waals surface area contributed by atoms with E-state index in [1.165, 1.54) is 0 Å². The number of rotatable bonds is 2. The molecule has 1 aromatic carbocycles. The van der Waals surface area contributed by atoms with E-state index in [1.807, 2.05) is 12.1 Å². The van der Waals surface area contributed by atoms with Gasteiger partial charge in [0.2, 0.25) is 0 Å². The first kappa shape index (κ1) is 11.1. The Morgan fingerprint density at radius 1 is 1.35 bits per heavy atom. The van der Waals surface area contributed by atoms with Crippen LogP contribution in [0.25, 0.3) is 22.4 Å². The predicted molar refractivity (Wildman–Crippen MR) is 70.9 cm³/mol. The molecule has 3 aromatic rings. The molecule has 2 aromatic heterocycles. The van der Waals surface area contributed by atoms with Crippen molar-refractivity contribution in [3.63, 3.8) is 0 Å². The lowest BCUT2D eigenvalue weighted by molar-refractivity contribution is 0.555. The highest BCUT2D eigenvalue weighted by atomic mass is 16.4. The molecule has 0 bridgehead atoms. The predicted octanol–water partition coefficient (Wildman–Crippen LogP) is 2.07. The summed E-state index contributed by atoms with van der Waals surface area (Å²) in [6.07, 6.45) is 3.42. The fourth-order valence-corrected chi connectivity index (χ4v) is 2.36. The summed E-state index contributed by atoms with van der Waals surface area (Å²) in [5, 5.41) is 9.17. The summed E-state index contributed by atoms with van der Waals surface area (Å²) >= 11 is 0. The topological polar surface area (TPSA) is 98.5 Å². The normalized spacial score (nSPS) is 16.1. The molecule has 1 aliphatic rings. The summed E-state index contributed by atoms with van der Waals surface area (Å²) < 4.78 is 4.97. The molecule has 6 nitrogen and oxygen atoms in total. The van der Waals surface area contributed by atoms with Crippen LogP contribution >= 0.6 is 0 Å². The van der Waals surface area contributed by atoms with Crippen LogP contribution in [0.5, 0.6) is 0 Å². The van der Waals surface area contributed by atoms with E-state index in [0.717, 1.165) is 29.9 Å². The summed E-state index contributed by atoms with van der Waals surface area (Å²) in [4.78, 5) is 21.3. The summed E-state index contributed by atoms with van der Waals surface area (Å²) in [5.41, 5.74) is 2.46. The quantitative estimate of drug-likeness (QED) is 0.741. The Hall–Kier alpha value is -2.81. The molecular weight excluding hydrogens is 256 g/mol. The van der Waals surface area contributed by atoms with Crippen LogP contribution in [0.3, 0.4) is 0 Å². The van der Waals surface area contributed by atoms with Crippen molar-refractivity contribution >= 4 is 11.1 Å². The molecule has 20 heavy (non-hydrogen) atoms. The van der Waals surface area contributed by atoms with Crippen LogP contribution in [-0.4, -0.2) is 15.0 Å². The Balaban J connectivity index is 1.79. The number of hydrogen-bond donors (Lipinski definition) is 2. The number of aromatic nitrogens is 3. The number of H-pyrrole nitrogens is 2. The average molecular weight is 266 g/mol. The minimum atomic E-state index is -0.469. The number of oxazole rings is 1. The van der Waals surface area contributed by atoms with E-state index >= 15 is 0 Å². The largest absolute Gasteiger partial charge is 0.417 e. The van der Waals surface area contributed by atoms with Gasteiger partial charge in [0.1, 0.15) is 11.2 Å². The molecule has 6 heteroatoms. The summed E-state index contributed by atoms with van der Waals surface area (Å²) in [7, 11) is 0. The van der Waals surface area contributed by atoms with Gasteiger partial charge in [-0.1, -0.05) is 0 Å². The second-order valence-electron chi connectivity index (χ2n) is 5.06. The minimum Gasteiger partial charge on any atom is -0.408 e. The maximum Gasteiger partial charge on any atom is 0.417 e. The molecule has 1 saturated carbocycles. The van der Waals surface area contributed by atoms with Gasteiger partial charge in [-0.3, -0.25) is 4.98 Å². The number of fused-ring (bicyclic) bond motifs is 1. The van der Waals surface area contributed by atoms with Crippen molar-refractivity contribution in [1.29, 1.82) is 5.26 Å². The lowest BCUT2D eigenvalue weighted by atomic mass is 10.1. The molecule has 1 fully saturated rings. The Labute approximate surface area is 113 Å². The summed E-state index contributed by atoms with van der Waals surface area (Å²) in [6.45, 7) is 0. The van der Waals surface area contributed by atoms with Crippen molar-refractivity contribution in [3.05, 3.63) is 40.8 Å². The monoisotopic (exact) mass is 266 g/mol. The number of aromatic amines is 2. The first-order valence-corrected chi connectivity index (χ1v) is 6.30. The van der Waals surface area contributed by atoms with Gasteiger partial charge >= 0.3 is 5.76 Å². The summed E-state index contributed by atoms with van der Waals surface area (Å²) in [6, 6.07) is 7.72. The maximum atomic E-state index is 11.1. The van der Waals surface area contributed by atoms with Crippen LogP contribution in [0.2, 0.25) is 0 Å².